The van der Waals surface area contributed by atoms with Crippen LogP contribution >= 0.6 is 0 Å². The quantitative estimate of drug-likeness (QED) is 0.194. The molecule has 1 rings (SSSR count). The number of nitrogens with zero attached hydrogens (tertiary/aromatic N) is 1. The zero-order valence-electron chi connectivity index (χ0n) is 17.9. The first kappa shape index (κ1) is 26.1. The molecule has 27 heavy (non-hydrogen) atoms. The highest BCUT2D eigenvalue weighted by molar-refractivity contribution is 5.75. The fraction of sp³-hybridized carbons (Fsp3) is 0.760. The largest absolute Gasteiger partial charge is 0.372 e. The van der Waals surface area contributed by atoms with Gasteiger partial charge in [-0.1, -0.05) is 116 Å². The topological polar surface area (TPSA) is 3.24 Å². The van der Waals surface area contributed by atoms with Crippen molar-refractivity contribution >= 4 is 14.1 Å². The molecule has 0 radical (unpaired) electrons. The zero-order chi connectivity index (χ0) is 18.7. The van der Waals surface area contributed by atoms with Crippen molar-refractivity contribution in [2.24, 2.45) is 0 Å². The van der Waals surface area contributed by atoms with Crippen LogP contribution in [0.5, 0.6) is 0 Å². The second-order valence-electron chi connectivity index (χ2n) is 7.92. The summed E-state index contributed by atoms with van der Waals surface area (Å²) in [6, 6.07) is 11.1. The van der Waals surface area contributed by atoms with Crippen molar-refractivity contribution in [3.8, 4) is 0 Å². The second-order valence-corrected chi connectivity index (χ2v) is 7.92. The summed E-state index contributed by atoms with van der Waals surface area (Å²) >= 11 is 0. The van der Waals surface area contributed by atoms with Gasteiger partial charge >= 0.3 is 0 Å². The third kappa shape index (κ3) is 14.8. The molecule has 0 saturated carbocycles. The lowest BCUT2D eigenvalue weighted by atomic mass is 10.1. The van der Waals surface area contributed by atoms with Crippen LogP contribution in [0.15, 0.2) is 30.3 Å². The normalized spacial score (nSPS) is 10.6. The molecule has 0 aliphatic heterocycles. The van der Waals surface area contributed by atoms with Crippen molar-refractivity contribution in [3.05, 3.63) is 30.3 Å². The van der Waals surface area contributed by atoms with E-state index in [4.69, 9.17) is 0 Å². The monoisotopic (exact) mass is 373 g/mol. The van der Waals surface area contributed by atoms with E-state index >= 15 is 0 Å². The SMILES string of the molecule is B.CCCCCCCCCCN(CCCCCCCCC)c1ccccc1. The van der Waals surface area contributed by atoms with Crippen molar-refractivity contribution in [1.29, 1.82) is 0 Å². The van der Waals surface area contributed by atoms with E-state index in [1.807, 2.05) is 0 Å². The smallest absolute Gasteiger partial charge is 0.0814 e. The maximum absolute atomic E-state index is 2.63. The molecule has 0 saturated heterocycles. The predicted octanol–water partition coefficient (Wildman–Crippen LogP) is 7.20. The first-order chi connectivity index (χ1) is 12.9. The highest BCUT2D eigenvalue weighted by Gasteiger charge is 2.05. The maximum atomic E-state index is 2.63. The molecule has 0 aliphatic rings. The summed E-state index contributed by atoms with van der Waals surface area (Å²) in [5.74, 6) is 0. The molecule has 1 aromatic carbocycles. The second kappa shape index (κ2) is 19.8. The van der Waals surface area contributed by atoms with Crippen LogP contribution in [0.2, 0.25) is 0 Å². The zero-order valence-corrected chi connectivity index (χ0v) is 17.9. The van der Waals surface area contributed by atoms with Gasteiger partial charge in [-0.3, -0.25) is 0 Å². The van der Waals surface area contributed by atoms with Crippen molar-refractivity contribution < 1.29 is 0 Å². The fourth-order valence-electron chi connectivity index (χ4n) is 3.71. The molecule has 2 heteroatoms. The van der Waals surface area contributed by atoms with Gasteiger partial charge in [0, 0.05) is 18.8 Å². The van der Waals surface area contributed by atoms with Gasteiger partial charge in [-0.25, -0.2) is 0 Å². The van der Waals surface area contributed by atoms with Gasteiger partial charge in [-0.15, -0.1) is 0 Å². The van der Waals surface area contributed by atoms with Crippen molar-refractivity contribution in [1.82, 2.24) is 0 Å². The van der Waals surface area contributed by atoms with Crippen LogP contribution in [0.3, 0.4) is 0 Å². The Hall–Kier alpha value is -0.915. The molecule has 0 spiro atoms. The van der Waals surface area contributed by atoms with Crippen LogP contribution in [0, 0.1) is 0 Å². The molecule has 1 aromatic rings. The number of rotatable bonds is 18. The van der Waals surface area contributed by atoms with Crippen LogP contribution in [-0.4, -0.2) is 21.5 Å². The van der Waals surface area contributed by atoms with E-state index in [0.717, 1.165) is 0 Å². The number of para-hydroxylation sites is 1. The highest BCUT2D eigenvalue weighted by atomic mass is 15.1. The van der Waals surface area contributed by atoms with Crippen LogP contribution in [0.25, 0.3) is 0 Å². The molecular formula is C25H48BN. The average molecular weight is 373 g/mol. The Morgan fingerprint density at radius 2 is 0.889 bits per heavy atom. The molecule has 0 atom stereocenters. The third-order valence-corrected chi connectivity index (χ3v) is 5.43. The van der Waals surface area contributed by atoms with E-state index < -0.39 is 0 Å². The van der Waals surface area contributed by atoms with Gasteiger partial charge in [0.15, 0.2) is 0 Å². The van der Waals surface area contributed by atoms with E-state index in [0.29, 0.717) is 0 Å². The Labute approximate surface area is 172 Å². The lowest BCUT2D eigenvalue weighted by Crippen LogP contribution is -2.25. The molecule has 0 unspecified atom stereocenters. The van der Waals surface area contributed by atoms with Gasteiger partial charge < -0.3 is 4.90 Å². The summed E-state index contributed by atoms with van der Waals surface area (Å²) in [7, 11) is 0. The third-order valence-electron chi connectivity index (χ3n) is 5.43. The van der Waals surface area contributed by atoms with E-state index in [1.54, 1.807) is 0 Å². The maximum Gasteiger partial charge on any atom is 0.0814 e. The minimum Gasteiger partial charge on any atom is -0.372 e. The van der Waals surface area contributed by atoms with Crippen molar-refractivity contribution in [2.75, 3.05) is 18.0 Å². The van der Waals surface area contributed by atoms with E-state index in [-0.39, 0.29) is 8.41 Å². The van der Waals surface area contributed by atoms with E-state index in [2.05, 4.69) is 49.1 Å². The van der Waals surface area contributed by atoms with Gasteiger partial charge in [0.25, 0.3) is 0 Å². The molecule has 0 aromatic heterocycles. The standard InChI is InChI=1S/C25H45N.BH3/c1-3-5-7-9-11-13-15-20-24-26(25-21-17-16-18-22-25)23-19-14-12-10-8-6-4-2;/h16-18,21-22H,3-15,19-20,23-24H2,1-2H3;1H3. The van der Waals surface area contributed by atoms with Crippen molar-refractivity contribution in [3.63, 3.8) is 0 Å². The Kier molecular flexibility index (Phi) is 19.2. The van der Waals surface area contributed by atoms with E-state index in [9.17, 15) is 0 Å². The molecular weight excluding hydrogens is 325 g/mol. The minimum absolute atomic E-state index is 0. The van der Waals surface area contributed by atoms with Crippen LogP contribution in [-0.2, 0) is 0 Å². The first-order valence-corrected chi connectivity index (χ1v) is 11.7. The van der Waals surface area contributed by atoms with Gasteiger partial charge in [-0.2, -0.15) is 0 Å². The number of anilines is 1. The van der Waals surface area contributed by atoms with Gasteiger partial charge in [0.1, 0.15) is 0 Å². The summed E-state index contributed by atoms with van der Waals surface area (Å²) in [6.07, 6.45) is 21.0. The highest BCUT2D eigenvalue weighted by Crippen LogP contribution is 2.17. The summed E-state index contributed by atoms with van der Waals surface area (Å²) in [6.45, 7) is 7.05. The molecule has 0 bridgehead atoms. The molecule has 0 aliphatic carbocycles. The van der Waals surface area contributed by atoms with Crippen LogP contribution in [0.1, 0.15) is 110 Å². The molecule has 0 amide bonds. The molecule has 1 nitrogen and oxygen atoms in total. The Balaban J connectivity index is 0.00000676. The van der Waals surface area contributed by atoms with Crippen molar-refractivity contribution in [2.45, 2.75) is 110 Å². The summed E-state index contributed by atoms with van der Waals surface area (Å²) in [5, 5.41) is 0. The predicted molar refractivity (Wildman–Crippen MR) is 129 cm³/mol. The fourth-order valence-corrected chi connectivity index (χ4v) is 3.71. The summed E-state index contributed by atoms with van der Waals surface area (Å²) in [4.78, 5) is 2.63. The van der Waals surface area contributed by atoms with Gasteiger partial charge in [0.05, 0.1) is 8.41 Å². The summed E-state index contributed by atoms with van der Waals surface area (Å²) in [5.41, 5.74) is 1.42. The van der Waals surface area contributed by atoms with Crippen LogP contribution in [0.4, 0.5) is 5.69 Å². The number of unbranched alkanes of at least 4 members (excludes halogenated alkanes) is 13. The number of hydrogen-bond donors (Lipinski definition) is 0. The Morgan fingerprint density at radius 3 is 1.30 bits per heavy atom. The van der Waals surface area contributed by atoms with E-state index in [1.165, 1.54) is 115 Å². The van der Waals surface area contributed by atoms with Gasteiger partial charge in [0.2, 0.25) is 0 Å². The molecule has 156 valence electrons. The number of benzene rings is 1. The lowest BCUT2D eigenvalue weighted by Gasteiger charge is -2.25. The number of hydrogen-bond acceptors (Lipinski definition) is 1. The Morgan fingerprint density at radius 1 is 0.519 bits per heavy atom. The molecule has 0 heterocycles. The molecule has 0 fully saturated rings. The minimum atomic E-state index is 0. The van der Waals surface area contributed by atoms with Crippen LogP contribution < -0.4 is 4.90 Å². The van der Waals surface area contributed by atoms with Gasteiger partial charge in [-0.05, 0) is 25.0 Å². The molecule has 0 N–H and O–H groups in total. The lowest BCUT2D eigenvalue weighted by molar-refractivity contribution is 0.559. The average Bonchev–Trinajstić information content (AvgIpc) is 2.68. The first-order valence-electron chi connectivity index (χ1n) is 11.7. The summed E-state index contributed by atoms with van der Waals surface area (Å²) < 4.78 is 0. The Bertz CT molecular complexity index is 393.